The third kappa shape index (κ3) is 3.10. The first-order chi connectivity index (χ1) is 10.7. The summed E-state index contributed by atoms with van der Waals surface area (Å²) < 4.78 is 10.7. The van der Waals surface area contributed by atoms with Crippen LogP contribution in [0.4, 0.5) is 0 Å². The SMILES string of the molecule is CSc1ccc(Cl)c(C(=O)OCc2nc3ccccc3o2)c1. The number of rotatable bonds is 4. The molecule has 1 heterocycles. The molecule has 0 bridgehead atoms. The van der Waals surface area contributed by atoms with Crippen LogP contribution in [0.25, 0.3) is 11.1 Å². The zero-order valence-electron chi connectivity index (χ0n) is 11.7. The maximum absolute atomic E-state index is 12.1. The summed E-state index contributed by atoms with van der Waals surface area (Å²) in [5.41, 5.74) is 1.73. The van der Waals surface area contributed by atoms with E-state index in [9.17, 15) is 4.79 Å². The summed E-state index contributed by atoms with van der Waals surface area (Å²) in [6.07, 6.45) is 1.93. The third-order valence-electron chi connectivity index (χ3n) is 3.06. The average molecular weight is 334 g/mol. The third-order valence-corrected chi connectivity index (χ3v) is 4.11. The van der Waals surface area contributed by atoms with Crippen molar-refractivity contribution in [1.29, 1.82) is 0 Å². The normalized spacial score (nSPS) is 10.8. The summed E-state index contributed by atoms with van der Waals surface area (Å²) >= 11 is 7.57. The number of hydrogen-bond donors (Lipinski definition) is 0. The topological polar surface area (TPSA) is 52.3 Å². The van der Waals surface area contributed by atoms with E-state index in [0.717, 1.165) is 10.4 Å². The first-order valence-corrected chi connectivity index (χ1v) is 8.13. The number of nitrogens with zero attached hydrogens (tertiary/aromatic N) is 1. The number of esters is 1. The molecule has 0 aliphatic rings. The van der Waals surface area contributed by atoms with Gasteiger partial charge < -0.3 is 9.15 Å². The van der Waals surface area contributed by atoms with Gasteiger partial charge in [-0.3, -0.25) is 0 Å². The smallest absolute Gasteiger partial charge is 0.340 e. The predicted molar refractivity (Wildman–Crippen MR) is 86.4 cm³/mol. The molecule has 0 saturated carbocycles. The number of carbonyl (C=O) groups is 1. The Morgan fingerprint density at radius 1 is 1.32 bits per heavy atom. The van der Waals surface area contributed by atoms with Crippen molar-refractivity contribution in [3.8, 4) is 0 Å². The average Bonchev–Trinajstić information content (AvgIpc) is 2.96. The summed E-state index contributed by atoms with van der Waals surface area (Å²) in [6, 6.07) is 12.6. The van der Waals surface area contributed by atoms with Crippen LogP contribution in [0.3, 0.4) is 0 Å². The van der Waals surface area contributed by atoms with Gasteiger partial charge >= 0.3 is 5.97 Å². The summed E-state index contributed by atoms with van der Waals surface area (Å²) in [4.78, 5) is 17.3. The molecule has 0 unspecified atom stereocenters. The number of benzene rings is 2. The van der Waals surface area contributed by atoms with Crippen LogP contribution >= 0.6 is 23.4 Å². The molecule has 0 fully saturated rings. The summed E-state index contributed by atoms with van der Waals surface area (Å²) in [7, 11) is 0. The molecule has 0 aliphatic carbocycles. The molecule has 6 heteroatoms. The largest absolute Gasteiger partial charge is 0.452 e. The van der Waals surface area contributed by atoms with Gasteiger partial charge in [-0.15, -0.1) is 11.8 Å². The highest BCUT2D eigenvalue weighted by atomic mass is 35.5. The van der Waals surface area contributed by atoms with Gasteiger partial charge in [-0.2, -0.15) is 0 Å². The fourth-order valence-corrected chi connectivity index (χ4v) is 2.61. The van der Waals surface area contributed by atoms with E-state index in [2.05, 4.69) is 4.98 Å². The Bertz CT molecular complexity index is 798. The van der Waals surface area contributed by atoms with E-state index >= 15 is 0 Å². The van der Waals surface area contributed by atoms with Crippen LogP contribution < -0.4 is 0 Å². The van der Waals surface area contributed by atoms with Gasteiger partial charge in [-0.05, 0) is 36.6 Å². The zero-order chi connectivity index (χ0) is 15.5. The number of ether oxygens (including phenoxy) is 1. The number of halogens is 1. The van der Waals surface area contributed by atoms with Crippen LogP contribution in [0.5, 0.6) is 0 Å². The lowest BCUT2D eigenvalue weighted by atomic mass is 10.2. The number of fused-ring (bicyclic) bond motifs is 1. The van der Waals surface area contributed by atoms with Crippen molar-refractivity contribution in [2.75, 3.05) is 6.26 Å². The van der Waals surface area contributed by atoms with E-state index in [0.29, 0.717) is 22.1 Å². The minimum atomic E-state index is -0.497. The molecule has 2 aromatic carbocycles. The van der Waals surface area contributed by atoms with Crippen LogP contribution in [0.2, 0.25) is 5.02 Å². The molecule has 112 valence electrons. The van der Waals surface area contributed by atoms with Gasteiger partial charge in [0.15, 0.2) is 12.2 Å². The van der Waals surface area contributed by atoms with Gasteiger partial charge in [-0.25, -0.2) is 9.78 Å². The number of carbonyl (C=O) groups excluding carboxylic acids is 1. The molecule has 0 spiro atoms. The molecule has 0 N–H and O–H groups in total. The van der Waals surface area contributed by atoms with Crippen molar-refractivity contribution in [3.05, 3.63) is 58.9 Å². The molecule has 0 saturated heterocycles. The number of hydrogen-bond acceptors (Lipinski definition) is 5. The zero-order valence-corrected chi connectivity index (χ0v) is 13.3. The van der Waals surface area contributed by atoms with Crippen molar-refractivity contribution in [3.63, 3.8) is 0 Å². The Labute approximate surface area is 136 Å². The predicted octanol–water partition coefficient (Wildman–Crippen LogP) is 4.56. The molecular weight excluding hydrogens is 322 g/mol. The maximum Gasteiger partial charge on any atom is 0.340 e. The fraction of sp³-hybridized carbons (Fsp3) is 0.125. The Morgan fingerprint density at radius 2 is 2.14 bits per heavy atom. The Balaban J connectivity index is 1.74. The van der Waals surface area contributed by atoms with E-state index < -0.39 is 5.97 Å². The van der Waals surface area contributed by atoms with Gasteiger partial charge in [-0.1, -0.05) is 23.7 Å². The molecular formula is C16H12ClNO3S. The highest BCUT2D eigenvalue weighted by Crippen LogP contribution is 2.24. The van der Waals surface area contributed by atoms with Crippen LogP contribution in [0, 0.1) is 0 Å². The first-order valence-electron chi connectivity index (χ1n) is 6.52. The lowest BCUT2D eigenvalue weighted by Gasteiger charge is -2.06. The summed E-state index contributed by atoms with van der Waals surface area (Å²) in [6.45, 7) is -0.0344. The van der Waals surface area contributed by atoms with Gasteiger partial charge in [0, 0.05) is 4.90 Å². The highest BCUT2D eigenvalue weighted by Gasteiger charge is 2.14. The van der Waals surface area contributed by atoms with Gasteiger partial charge in [0.05, 0.1) is 10.6 Å². The van der Waals surface area contributed by atoms with E-state index in [1.165, 1.54) is 11.8 Å². The standard InChI is InChI=1S/C16H12ClNO3S/c1-22-10-6-7-12(17)11(8-10)16(19)20-9-15-18-13-4-2-3-5-14(13)21-15/h2-8H,9H2,1H3. The summed E-state index contributed by atoms with van der Waals surface area (Å²) in [5.74, 6) is -0.144. The van der Waals surface area contributed by atoms with Crippen molar-refractivity contribution in [2.24, 2.45) is 0 Å². The molecule has 3 aromatic rings. The minimum absolute atomic E-state index is 0.0344. The van der Waals surface area contributed by atoms with E-state index in [-0.39, 0.29) is 6.61 Å². The molecule has 3 rings (SSSR count). The highest BCUT2D eigenvalue weighted by molar-refractivity contribution is 7.98. The van der Waals surface area contributed by atoms with Crippen LogP contribution in [0.15, 0.2) is 51.8 Å². The molecule has 0 atom stereocenters. The molecule has 0 radical (unpaired) electrons. The Kier molecular flexibility index (Phi) is 4.36. The monoisotopic (exact) mass is 333 g/mol. The number of para-hydroxylation sites is 2. The van der Waals surface area contributed by atoms with Crippen LogP contribution in [-0.2, 0) is 11.3 Å². The minimum Gasteiger partial charge on any atom is -0.452 e. The Morgan fingerprint density at radius 3 is 2.91 bits per heavy atom. The van der Waals surface area contributed by atoms with Crippen molar-refractivity contribution in [2.45, 2.75) is 11.5 Å². The van der Waals surface area contributed by atoms with E-state index in [4.69, 9.17) is 20.8 Å². The van der Waals surface area contributed by atoms with Gasteiger partial charge in [0.2, 0.25) is 5.89 Å². The van der Waals surface area contributed by atoms with Crippen molar-refractivity contribution < 1.29 is 13.9 Å². The lowest BCUT2D eigenvalue weighted by molar-refractivity contribution is 0.0440. The molecule has 22 heavy (non-hydrogen) atoms. The number of oxazole rings is 1. The number of aromatic nitrogens is 1. The van der Waals surface area contributed by atoms with Crippen molar-refractivity contribution in [1.82, 2.24) is 4.98 Å². The quantitative estimate of drug-likeness (QED) is 0.517. The second kappa shape index (κ2) is 6.42. The Hall–Kier alpha value is -1.98. The lowest BCUT2D eigenvalue weighted by Crippen LogP contribution is -2.06. The second-order valence-corrected chi connectivity index (χ2v) is 5.78. The van der Waals surface area contributed by atoms with Crippen LogP contribution in [-0.4, -0.2) is 17.2 Å². The molecule has 0 amide bonds. The molecule has 0 aliphatic heterocycles. The van der Waals surface area contributed by atoms with Gasteiger partial charge in [0.25, 0.3) is 0 Å². The number of thioether (sulfide) groups is 1. The maximum atomic E-state index is 12.1. The van der Waals surface area contributed by atoms with Gasteiger partial charge in [0.1, 0.15) is 5.52 Å². The van der Waals surface area contributed by atoms with Crippen LogP contribution in [0.1, 0.15) is 16.2 Å². The molecule has 4 nitrogen and oxygen atoms in total. The second-order valence-electron chi connectivity index (χ2n) is 4.50. The first kappa shape index (κ1) is 14.9. The fourth-order valence-electron chi connectivity index (χ4n) is 1.97. The van der Waals surface area contributed by atoms with E-state index in [1.54, 1.807) is 12.1 Å². The summed E-state index contributed by atoms with van der Waals surface area (Å²) in [5, 5.41) is 0.361. The molecule has 1 aromatic heterocycles. The van der Waals surface area contributed by atoms with Crippen molar-refractivity contribution >= 4 is 40.4 Å². The van der Waals surface area contributed by atoms with E-state index in [1.807, 2.05) is 36.6 Å².